The van der Waals surface area contributed by atoms with Crippen molar-refractivity contribution in [2.45, 2.75) is 19.9 Å². The zero-order valence-corrected chi connectivity index (χ0v) is 15.0. The number of aromatic nitrogens is 1. The molecule has 5 nitrogen and oxygen atoms in total. The van der Waals surface area contributed by atoms with Gasteiger partial charge in [-0.3, -0.25) is 9.69 Å². The number of piperazine rings is 1. The van der Waals surface area contributed by atoms with E-state index in [0.29, 0.717) is 6.42 Å². The third kappa shape index (κ3) is 3.94. The highest BCUT2D eigenvalue weighted by molar-refractivity contribution is 7.13. The lowest BCUT2D eigenvalue weighted by Crippen LogP contribution is -2.48. The Balaban J connectivity index is 1.57. The molecule has 0 spiro atoms. The number of ether oxygens (including phenoxy) is 1. The van der Waals surface area contributed by atoms with Crippen LogP contribution in [0, 0.1) is 0 Å². The molecule has 1 aliphatic heterocycles. The first kappa shape index (κ1) is 16.9. The van der Waals surface area contributed by atoms with Crippen LogP contribution in [0.1, 0.15) is 19.0 Å². The number of nitrogens with zero attached hydrogens (tertiary/aromatic N) is 3. The highest BCUT2D eigenvalue weighted by Crippen LogP contribution is 2.26. The first-order chi connectivity index (χ1) is 11.7. The molecule has 0 atom stereocenters. The monoisotopic (exact) mass is 345 g/mol. The van der Waals surface area contributed by atoms with Crippen molar-refractivity contribution in [1.29, 1.82) is 0 Å². The molecule has 1 amide bonds. The first-order valence-corrected chi connectivity index (χ1v) is 9.16. The molecule has 1 aromatic heterocycles. The van der Waals surface area contributed by atoms with Crippen molar-refractivity contribution in [3.8, 4) is 16.3 Å². The molecule has 1 saturated heterocycles. The summed E-state index contributed by atoms with van der Waals surface area (Å²) >= 11 is 1.67. The third-order valence-electron chi connectivity index (χ3n) is 4.30. The number of methoxy groups -OCH3 is 1. The van der Waals surface area contributed by atoms with E-state index in [1.165, 1.54) is 0 Å². The van der Waals surface area contributed by atoms with Gasteiger partial charge in [0, 0.05) is 50.1 Å². The van der Waals surface area contributed by atoms with Crippen LogP contribution in [0.3, 0.4) is 0 Å². The lowest BCUT2D eigenvalue weighted by Gasteiger charge is -2.34. The zero-order chi connectivity index (χ0) is 16.9. The Morgan fingerprint density at radius 3 is 2.54 bits per heavy atom. The maximum Gasteiger partial charge on any atom is 0.222 e. The van der Waals surface area contributed by atoms with E-state index in [1.54, 1.807) is 18.4 Å². The van der Waals surface area contributed by atoms with Crippen molar-refractivity contribution in [3.63, 3.8) is 0 Å². The van der Waals surface area contributed by atoms with Gasteiger partial charge in [-0.2, -0.15) is 0 Å². The molecule has 1 aliphatic rings. The molecule has 128 valence electrons. The summed E-state index contributed by atoms with van der Waals surface area (Å²) in [6.07, 6.45) is 0.595. The van der Waals surface area contributed by atoms with Gasteiger partial charge < -0.3 is 9.64 Å². The van der Waals surface area contributed by atoms with Crippen LogP contribution in [0.15, 0.2) is 29.6 Å². The summed E-state index contributed by atoms with van der Waals surface area (Å²) in [4.78, 5) is 20.8. The highest BCUT2D eigenvalue weighted by Gasteiger charge is 2.20. The van der Waals surface area contributed by atoms with E-state index in [0.717, 1.165) is 54.7 Å². The number of thiazole rings is 1. The Morgan fingerprint density at radius 1 is 1.21 bits per heavy atom. The van der Waals surface area contributed by atoms with Gasteiger partial charge in [0.05, 0.1) is 12.8 Å². The minimum atomic E-state index is 0.255. The number of carbonyl (C=O) groups is 1. The van der Waals surface area contributed by atoms with E-state index < -0.39 is 0 Å². The normalized spacial score (nSPS) is 15.5. The molecule has 0 unspecified atom stereocenters. The maximum atomic E-state index is 11.7. The molecule has 3 rings (SSSR count). The number of carbonyl (C=O) groups excluding carboxylic acids is 1. The van der Waals surface area contributed by atoms with Crippen LogP contribution in [0.25, 0.3) is 10.6 Å². The van der Waals surface area contributed by atoms with Crippen molar-refractivity contribution in [2.75, 3.05) is 33.3 Å². The maximum absolute atomic E-state index is 11.7. The number of hydrogen-bond acceptors (Lipinski definition) is 5. The molecule has 0 N–H and O–H groups in total. The molecular formula is C18H23N3O2S. The van der Waals surface area contributed by atoms with Gasteiger partial charge in [-0.15, -0.1) is 11.3 Å². The second kappa shape index (κ2) is 7.77. The molecule has 0 aliphatic carbocycles. The van der Waals surface area contributed by atoms with Crippen molar-refractivity contribution in [2.24, 2.45) is 0 Å². The number of benzene rings is 1. The molecule has 6 heteroatoms. The van der Waals surface area contributed by atoms with Crippen molar-refractivity contribution < 1.29 is 9.53 Å². The van der Waals surface area contributed by atoms with Gasteiger partial charge in [-0.1, -0.05) is 6.92 Å². The van der Waals surface area contributed by atoms with E-state index in [4.69, 9.17) is 9.72 Å². The third-order valence-corrected chi connectivity index (χ3v) is 5.24. The largest absolute Gasteiger partial charge is 0.497 e. The molecule has 0 saturated carbocycles. The predicted molar refractivity (Wildman–Crippen MR) is 96.3 cm³/mol. The van der Waals surface area contributed by atoms with Crippen LogP contribution in [-0.2, 0) is 11.3 Å². The number of hydrogen-bond donors (Lipinski definition) is 0. The second-order valence-corrected chi connectivity index (χ2v) is 6.74. The molecule has 2 aromatic rings. The van der Waals surface area contributed by atoms with Crippen LogP contribution in [-0.4, -0.2) is 54.0 Å². The summed E-state index contributed by atoms with van der Waals surface area (Å²) in [5, 5.41) is 3.16. The molecule has 0 bridgehead atoms. The standard InChI is InChI=1S/C18H23N3O2S/c1-3-17(22)21-10-8-20(9-11-21)12-15-13-24-18(19-15)14-4-6-16(23-2)7-5-14/h4-7,13H,3,8-12H2,1-2H3. The fourth-order valence-corrected chi connectivity index (χ4v) is 3.67. The lowest BCUT2D eigenvalue weighted by molar-refractivity contribution is -0.132. The number of amides is 1. The van der Waals surface area contributed by atoms with E-state index in [9.17, 15) is 4.79 Å². The van der Waals surface area contributed by atoms with Gasteiger partial charge in [0.15, 0.2) is 0 Å². The van der Waals surface area contributed by atoms with Crippen LogP contribution >= 0.6 is 11.3 Å². The Labute approximate surface area is 146 Å². The Hall–Kier alpha value is -1.92. The van der Waals surface area contributed by atoms with E-state index >= 15 is 0 Å². The van der Waals surface area contributed by atoms with Crippen molar-refractivity contribution >= 4 is 17.2 Å². The van der Waals surface area contributed by atoms with Gasteiger partial charge >= 0.3 is 0 Å². The average molecular weight is 345 g/mol. The fourth-order valence-electron chi connectivity index (χ4n) is 2.85. The van der Waals surface area contributed by atoms with E-state index in [1.807, 2.05) is 36.1 Å². The van der Waals surface area contributed by atoms with Crippen molar-refractivity contribution in [1.82, 2.24) is 14.8 Å². The molecule has 1 fully saturated rings. The van der Waals surface area contributed by atoms with Crippen LogP contribution in [0.2, 0.25) is 0 Å². The number of rotatable bonds is 5. The minimum Gasteiger partial charge on any atom is -0.497 e. The molecular weight excluding hydrogens is 322 g/mol. The summed E-state index contributed by atoms with van der Waals surface area (Å²) in [5.41, 5.74) is 2.21. The second-order valence-electron chi connectivity index (χ2n) is 5.88. The molecule has 24 heavy (non-hydrogen) atoms. The summed E-state index contributed by atoms with van der Waals surface area (Å²) in [7, 11) is 1.67. The SMILES string of the molecule is CCC(=O)N1CCN(Cc2csc(-c3ccc(OC)cc3)n2)CC1. The molecule has 1 aromatic carbocycles. The van der Waals surface area contributed by atoms with Crippen LogP contribution < -0.4 is 4.74 Å². The quantitative estimate of drug-likeness (QED) is 0.836. The van der Waals surface area contributed by atoms with E-state index in [2.05, 4.69) is 10.3 Å². The summed E-state index contributed by atoms with van der Waals surface area (Å²) < 4.78 is 5.19. The predicted octanol–water partition coefficient (Wildman–Crippen LogP) is 2.87. The average Bonchev–Trinajstić information content (AvgIpc) is 3.10. The Bertz CT molecular complexity index is 676. The zero-order valence-electron chi connectivity index (χ0n) is 14.2. The molecule has 0 radical (unpaired) electrons. The van der Waals surface area contributed by atoms with Gasteiger partial charge in [0.25, 0.3) is 0 Å². The molecule has 2 heterocycles. The summed E-state index contributed by atoms with van der Waals surface area (Å²) in [6, 6.07) is 7.99. The fraction of sp³-hybridized carbons (Fsp3) is 0.444. The van der Waals surface area contributed by atoms with Gasteiger partial charge in [0.2, 0.25) is 5.91 Å². The lowest BCUT2D eigenvalue weighted by atomic mass is 10.2. The van der Waals surface area contributed by atoms with Gasteiger partial charge in [0.1, 0.15) is 10.8 Å². The van der Waals surface area contributed by atoms with Gasteiger partial charge in [-0.25, -0.2) is 4.98 Å². The first-order valence-electron chi connectivity index (χ1n) is 8.28. The van der Waals surface area contributed by atoms with Crippen LogP contribution in [0.4, 0.5) is 0 Å². The van der Waals surface area contributed by atoms with Gasteiger partial charge in [-0.05, 0) is 24.3 Å². The Kier molecular flexibility index (Phi) is 5.48. The van der Waals surface area contributed by atoms with Crippen molar-refractivity contribution in [3.05, 3.63) is 35.3 Å². The summed E-state index contributed by atoms with van der Waals surface area (Å²) in [6.45, 7) is 6.25. The minimum absolute atomic E-state index is 0.255. The van der Waals surface area contributed by atoms with E-state index in [-0.39, 0.29) is 5.91 Å². The topological polar surface area (TPSA) is 45.7 Å². The smallest absolute Gasteiger partial charge is 0.222 e. The van der Waals surface area contributed by atoms with Crippen LogP contribution in [0.5, 0.6) is 5.75 Å². The summed E-state index contributed by atoms with van der Waals surface area (Å²) in [5.74, 6) is 1.11. The Morgan fingerprint density at radius 2 is 1.92 bits per heavy atom. The highest BCUT2D eigenvalue weighted by atomic mass is 32.1.